The fourth-order valence-corrected chi connectivity index (χ4v) is 3.74. The van der Waals surface area contributed by atoms with Gasteiger partial charge in [0, 0.05) is 19.6 Å². The van der Waals surface area contributed by atoms with E-state index in [2.05, 4.69) is 25.3 Å². The van der Waals surface area contributed by atoms with Crippen LogP contribution < -0.4 is 32.5 Å². The van der Waals surface area contributed by atoms with Gasteiger partial charge < -0.3 is 21.1 Å². The highest BCUT2D eigenvalue weighted by molar-refractivity contribution is 6.42. The van der Waals surface area contributed by atoms with Crippen LogP contribution in [0.15, 0.2) is 57.0 Å². The van der Waals surface area contributed by atoms with E-state index in [-0.39, 0.29) is 42.3 Å². The summed E-state index contributed by atoms with van der Waals surface area (Å²) in [6, 6.07) is 10.7. The fourth-order valence-electron chi connectivity index (χ4n) is 3.42. The number of rotatable bonds is 12. The third-order valence-electron chi connectivity index (χ3n) is 5.16. The standard InChI is InChI=1S/C24H27Cl2F2N7O3/c1-2-8-30-21(29)31-9-10-32-22-33-23(36)35(14-16-6-7-18(25)19(26)12-16)24(37)34(22)13-15-4-3-5-17(11-15)38-20(27)28/h3-7,11-12,20H,2,8-10,13-14H2,1H3,(H3,29,30,31)(H,32,33,36). The molecule has 0 aliphatic carbocycles. The number of ether oxygens (including phenoxy) is 1. The summed E-state index contributed by atoms with van der Waals surface area (Å²) in [4.78, 5) is 34.5. The summed E-state index contributed by atoms with van der Waals surface area (Å²) in [5.74, 6) is 0.200. The van der Waals surface area contributed by atoms with E-state index in [0.717, 1.165) is 11.0 Å². The molecule has 0 fully saturated rings. The molecule has 3 rings (SSSR count). The Bertz CT molecular complexity index is 1400. The largest absolute Gasteiger partial charge is 0.435 e. The Labute approximate surface area is 227 Å². The number of anilines is 1. The van der Waals surface area contributed by atoms with Gasteiger partial charge in [-0.05, 0) is 41.8 Å². The molecule has 2 aromatic carbocycles. The molecule has 0 spiro atoms. The van der Waals surface area contributed by atoms with Crippen molar-refractivity contribution in [1.29, 1.82) is 0 Å². The zero-order valence-electron chi connectivity index (χ0n) is 20.5. The van der Waals surface area contributed by atoms with E-state index in [0.29, 0.717) is 29.2 Å². The average molecular weight is 570 g/mol. The molecule has 0 saturated heterocycles. The molecule has 0 unspecified atom stereocenters. The lowest BCUT2D eigenvalue weighted by Gasteiger charge is -2.16. The van der Waals surface area contributed by atoms with Crippen molar-refractivity contribution in [2.45, 2.75) is 33.0 Å². The van der Waals surface area contributed by atoms with E-state index in [1.807, 2.05) is 6.92 Å². The number of nitrogens with one attached hydrogen (secondary N) is 2. The second kappa shape index (κ2) is 13.8. The minimum absolute atomic E-state index is 0.00330. The van der Waals surface area contributed by atoms with Gasteiger partial charge in [-0.2, -0.15) is 13.8 Å². The van der Waals surface area contributed by atoms with Gasteiger partial charge in [-0.25, -0.2) is 14.2 Å². The monoisotopic (exact) mass is 569 g/mol. The van der Waals surface area contributed by atoms with Gasteiger partial charge in [0.2, 0.25) is 5.95 Å². The molecule has 0 amide bonds. The summed E-state index contributed by atoms with van der Waals surface area (Å²) >= 11 is 12.0. The molecular formula is C24H27Cl2F2N7O3. The number of guanidine groups is 1. The number of hydrogen-bond donors (Lipinski definition) is 3. The van der Waals surface area contributed by atoms with Crippen LogP contribution >= 0.6 is 23.2 Å². The Morgan fingerprint density at radius 2 is 1.82 bits per heavy atom. The van der Waals surface area contributed by atoms with Gasteiger partial charge in [-0.1, -0.05) is 48.3 Å². The number of aliphatic imine (C=N–C) groups is 1. The van der Waals surface area contributed by atoms with Crippen molar-refractivity contribution in [2.75, 3.05) is 25.0 Å². The Hall–Kier alpha value is -3.64. The number of nitrogens with two attached hydrogens (primary N) is 1. The summed E-state index contributed by atoms with van der Waals surface area (Å²) in [7, 11) is 0. The average Bonchev–Trinajstić information content (AvgIpc) is 2.87. The van der Waals surface area contributed by atoms with Crippen molar-refractivity contribution in [3.8, 4) is 5.75 Å². The van der Waals surface area contributed by atoms with Crippen molar-refractivity contribution >= 4 is 35.1 Å². The smallest absolute Gasteiger partial charge is 0.387 e. The lowest BCUT2D eigenvalue weighted by atomic mass is 10.2. The third kappa shape index (κ3) is 8.18. The summed E-state index contributed by atoms with van der Waals surface area (Å²) in [6.45, 7) is -0.0491. The molecular weight excluding hydrogens is 543 g/mol. The summed E-state index contributed by atoms with van der Waals surface area (Å²) < 4.78 is 32.0. The third-order valence-corrected chi connectivity index (χ3v) is 5.90. The molecule has 1 aromatic heterocycles. The van der Waals surface area contributed by atoms with Crippen molar-refractivity contribution in [1.82, 2.24) is 19.4 Å². The predicted octanol–water partition coefficient (Wildman–Crippen LogP) is 3.14. The minimum Gasteiger partial charge on any atom is -0.435 e. The van der Waals surface area contributed by atoms with Gasteiger partial charge in [-0.3, -0.25) is 9.56 Å². The predicted molar refractivity (Wildman–Crippen MR) is 144 cm³/mol. The van der Waals surface area contributed by atoms with E-state index in [1.54, 1.807) is 24.3 Å². The van der Waals surface area contributed by atoms with Crippen molar-refractivity contribution in [3.05, 3.63) is 84.6 Å². The first-order valence-corrected chi connectivity index (χ1v) is 12.4. The topological polar surface area (TPSA) is 129 Å². The van der Waals surface area contributed by atoms with Crippen molar-refractivity contribution < 1.29 is 13.5 Å². The van der Waals surface area contributed by atoms with Crippen molar-refractivity contribution in [2.24, 2.45) is 10.7 Å². The van der Waals surface area contributed by atoms with Crippen LogP contribution in [-0.4, -0.2) is 46.3 Å². The number of halogens is 4. The molecule has 4 N–H and O–H groups in total. The van der Waals surface area contributed by atoms with E-state index in [4.69, 9.17) is 28.9 Å². The van der Waals surface area contributed by atoms with E-state index >= 15 is 0 Å². The van der Waals surface area contributed by atoms with Gasteiger partial charge in [0.25, 0.3) is 0 Å². The molecule has 0 bridgehead atoms. The van der Waals surface area contributed by atoms with E-state index in [9.17, 15) is 18.4 Å². The SMILES string of the molecule is CCCN=C(N)NCCNc1nc(=O)n(Cc2ccc(Cl)c(Cl)c2)c(=O)n1Cc1cccc(OC(F)F)c1. The highest BCUT2D eigenvalue weighted by atomic mass is 35.5. The Kier molecular flexibility index (Phi) is 10.5. The van der Waals surface area contributed by atoms with Crippen LogP contribution in [0.2, 0.25) is 10.0 Å². The van der Waals surface area contributed by atoms with E-state index in [1.165, 1.54) is 22.8 Å². The fraction of sp³-hybridized carbons (Fsp3) is 0.333. The van der Waals surface area contributed by atoms with Crippen molar-refractivity contribution in [3.63, 3.8) is 0 Å². The number of benzene rings is 2. The van der Waals surface area contributed by atoms with Crippen LogP contribution in [0, 0.1) is 0 Å². The Balaban J connectivity index is 1.92. The van der Waals surface area contributed by atoms with Gasteiger partial charge in [-0.15, -0.1) is 0 Å². The molecule has 0 radical (unpaired) electrons. The zero-order valence-corrected chi connectivity index (χ0v) is 22.0. The highest BCUT2D eigenvalue weighted by Gasteiger charge is 2.15. The number of hydrogen-bond acceptors (Lipinski definition) is 6. The maximum Gasteiger partial charge on any atom is 0.387 e. The Morgan fingerprint density at radius 1 is 1.08 bits per heavy atom. The highest BCUT2D eigenvalue weighted by Crippen LogP contribution is 2.23. The zero-order chi connectivity index (χ0) is 27.7. The number of nitrogens with zero attached hydrogens (tertiary/aromatic N) is 4. The molecule has 1 heterocycles. The van der Waals surface area contributed by atoms with Gasteiger partial charge in [0.05, 0.1) is 23.1 Å². The molecule has 204 valence electrons. The summed E-state index contributed by atoms with van der Waals surface area (Å²) in [6.07, 6.45) is 0.846. The maximum absolute atomic E-state index is 13.5. The Morgan fingerprint density at radius 3 is 2.53 bits per heavy atom. The van der Waals surface area contributed by atoms with Crippen LogP contribution in [0.1, 0.15) is 24.5 Å². The molecule has 3 aromatic rings. The first-order chi connectivity index (χ1) is 18.2. The normalized spacial score (nSPS) is 11.6. The molecule has 0 atom stereocenters. The first kappa shape index (κ1) is 28.9. The molecule has 0 saturated carbocycles. The lowest BCUT2D eigenvalue weighted by Crippen LogP contribution is -2.44. The molecule has 10 nitrogen and oxygen atoms in total. The number of alkyl halides is 2. The van der Waals surface area contributed by atoms with Crippen LogP contribution in [-0.2, 0) is 13.1 Å². The molecule has 0 aliphatic rings. The van der Waals surface area contributed by atoms with Crippen LogP contribution in [0.5, 0.6) is 5.75 Å². The molecule has 14 heteroatoms. The van der Waals surface area contributed by atoms with Gasteiger partial charge >= 0.3 is 18.0 Å². The number of aromatic nitrogens is 3. The minimum atomic E-state index is -3.00. The molecule has 0 aliphatic heterocycles. The first-order valence-electron chi connectivity index (χ1n) is 11.6. The quantitative estimate of drug-likeness (QED) is 0.173. The summed E-state index contributed by atoms with van der Waals surface area (Å²) in [5.41, 5.74) is 5.37. The maximum atomic E-state index is 13.5. The second-order valence-electron chi connectivity index (χ2n) is 8.07. The lowest BCUT2D eigenvalue weighted by molar-refractivity contribution is -0.0498. The summed E-state index contributed by atoms with van der Waals surface area (Å²) in [5, 5.41) is 6.48. The molecule has 38 heavy (non-hydrogen) atoms. The van der Waals surface area contributed by atoms with Crippen LogP contribution in [0.3, 0.4) is 0 Å². The van der Waals surface area contributed by atoms with Crippen LogP contribution in [0.25, 0.3) is 0 Å². The van der Waals surface area contributed by atoms with Crippen LogP contribution in [0.4, 0.5) is 14.7 Å². The van der Waals surface area contributed by atoms with E-state index < -0.39 is 18.0 Å². The van der Waals surface area contributed by atoms with Gasteiger partial charge in [0.1, 0.15) is 5.75 Å². The van der Waals surface area contributed by atoms with Gasteiger partial charge in [0.15, 0.2) is 5.96 Å². The second-order valence-corrected chi connectivity index (χ2v) is 8.88.